The van der Waals surface area contributed by atoms with Crippen LogP contribution in [0.4, 0.5) is 46.7 Å². The Morgan fingerprint density at radius 3 is 2.41 bits per heavy atom. The van der Waals surface area contributed by atoms with Crippen LogP contribution >= 0.6 is 0 Å². The van der Waals surface area contributed by atoms with E-state index in [4.69, 9.17) is 4.74 Å². The van der Waals surface area contributed by atoms with E-state index >= 15 is 0 Å². The van der Waals surface area contributed by atoms with Crippen molar-refractivity contribution >= 4 is 46.5 Å². The molecule has 2 aliphatic heterocycles. The number of nitrogens with one attached hydrogen (secondary N) is 4. The minimum absolute atomic E-state index is 0.155. The van der Waals surface area contributed by atoms with E-state index < -0.39 is 23.7 Å². The third kappa shape index (κ3) is 8.87. The summed E-state index contributed by atoms with van der Waals surface area (Å²) in [7, 11) is 1.45. The normalized spacial score (nSPS) is 15.6. The van der Waals surface area contributed by atoms with E-state index in [-0.39, 0.29) is 53.7 Å². The van der Waals surface area contributed by atoms with Crippen LogP contribution in [-0.4, -0.2) is 70.7 Å². The number of likely N-dealkylation sites (tertiary alicyclic amines) is 1. The first kappa shape index (κ1) is 38.0. The van der Waals surface area contributed by atoms with Gasteiger partial charge in [-0.05, 0) is 100 Å². The van der Waals surface area contributed by atoms with E-state index in [2.05, 4.69) is 41.3 Å². The monoisotopic (exact) mass is 745 g/mol. The van der Waals surface area contributed by atoms with Gasteiger partial charge in [-0.3, -0.25) is 24.7 Å². The van der Waals surface area contributed by atoms with Gasteiger partial charge >= 0.3 is 12.2 Å². The number of rotatable bonds is 11. The van der Waals surface area contributed by atoms with Crippen molar-refractivity contribution in [3.63, 3.8) is 0 Å². The summed E-state index contributed by atoms with van der Waals surface area (Å²) in [5, 5.41) is 19.3. The molecule has 0 saturated carbocycles. The summed E-state index contributed by atoms with van der Waals surface area (Å²) in [6.45, 7) is 8.31. The molecular formula is C38H42F3N9O4. The summed E-state index contributed by atoms with van der Waals surface area (Å²) in [5.41, 5.74) is 2.62. The molecule has 4 N–H and O–H groups in total. The van der Waals surface area contributed by atoms with Crippen LogP contribution in [0.3, 0.4) is 0 Å². The van der Waals surface area contributed by atoms with Crippen molar-refractivity contribution in [2.45, 2.75) is 64.8 Å². The fraction of sp³-hybridized carbons (Fsp3) is 0.368. The number of alkyl halides is 3. The second-order valence-corrected chi connectivity index (χ2v) is 13.5. The Bertz CT molecular complexity index is 2020. The van der Waals surface area contributed by atoms with Crippen molar-refractivity contribution in [3.8, 4) is 5.75 Å². The summed E-state index contributed by atoms with van der Waals surface area (Å²) in [6, 6.07) is 14.6. The van der Waals surface area contributed by atoms with Crippen LogP contribution in [-0.2, 0) is 17.5 Å². The van der Waals surface area contributed by atoms with E-state index in [9.17, 15) is 27.6 Å². The molecule has 2 aromatic carbocycles. The molecule has 16 heteroatoms. The molecule has 54 heavy (non-hydrogen) atoms. The van der Waals surface area contributed by atoms with Crippen molar-refractivity contribution in [2.24, 2.45) is 0 Å². The number of halogens is 3. The number of piperidine rings is 1. The Hall–Kier alpha value is -5.77. The molecular weight excluding hydrogens is 703 g/mol. The second-order valence-electron chi connectivity index (χ2n) is 13.5. The zero-order chi connectivity index (χ0) is 38.6. The lowest BCUT2D eigenvalue weighted by Gasteiger charge is -2.33. The van der Waals surface area contributed by atoms with Crippen molar-refractivity contribution in [3.05, 3.63) is 88.7 Å². The van der Waals surface area contributed by atoms with Gasteiger partial charge in [0.1, 0.15) is 11.6 Å². The number of pyridine rings is 1. The summed E-state index contributed by atoms with van der Waals surface area (Å²) >= 11 is 0. The van der Waals surface area contributed by atoms with Gasteiger partial charge in [-0.1, -0.05) is 12.1 Å². The number of anilines is 5. The molecule has 2 aromatic heterocycles. The fourth-order valence-corrected chi connectivity index (χ4v) is 6.65. The lowest BCUT2D eigenvalue weighted by Crippen LogP contribution is -2.50. The number of ether oxygens (including phenoxy) is 1. The number of urea groups is 1. The molecule has 2 aliphatic rings. The van der Waals surface area contributed by atoms with Gasteiger partial charge in [-0.25, -0.2) is 9.78 Å². The van der Waals surface area contributed by atoms with Gasteiger partial charge in [0.05, 0.1) is 40.0 Å². The van der Waals surface area contributed by atoms with Crippen molar-refractivity contribution in [1.82, 2.24) is 30.7 Å². The predicted molar refractivity (Wildman–Crippen MR) is 197 cm³/mol. The minimum Gasteiger partial charge on any atom is -0.489 e. The summed E-state index contributed by atoms with van der Waals surface area (Å²) < 4.78 is 48.6. The SMILES string of the molecule is CNC(=O)c1ccccc1Nc1cc(Nc2cc(C)c(C3CCN(Cc4ccc(N5CCC(=O)NC5=O)nn4)CC3)cc2OC(C)C)ncc1C(F)(F)F. The summed E-state index contributed by atoms with van der Waals surface area (Å²) in [5.74, 6) is 0.599. The van der Waals surface area contributed by atoms with E-state index in [1.165, 1.54) is 30.1 Å². The number of imide groups is 1. The number of benzene rings is 2. The Kier molecular flexibility index (Phi) is 11.3. The Labute approximate surface area is 310 Å². The molecule has 0 aliphatic carbocycles. The average molecular weight is 746 g/mol. The molecule has 0 spiro atoms. The number of carbonyl (C=O) groups excluding carboxylic acids is 3. The molecule has 4 aromatic rings. The van der Waals surface area contributed by atoms with Gasteiger partial charge < -0.3 is 20.7 Å². The molecule has 2 saturated heterocycles. The molecule has 6 rings (SSSR count). The number of nitrogens with zero attached hydrogens (tertiary/aromatic N) is 5. The highest BCUT2D eigenvalue weighted by Gasteiger charge is 2.35. The number of para-hydroxylation sites is 1. The highest BCUT2D eigenvalue weighted by atomic mass is 19.4. The number of hydrogen-bond donors (Lipinski definition) is 4. The first-order chi connectivity index (χ1) is 25.8. The van der Waals surface area contributed by atoms with Crippen LogP contribution in [0.5, 0.6) is 5.75 Å². The first-order valence-corrected chi connectivity index (χ1v) is 17.7. The average Bonchev–Trinajstić information content (AvgIpc) is 3.13. The topological polar surface area (TPSA) is 154 Å². The smallest absolute Gasteiger partial charge is 0.419 e. The van der Waals surface area contributed by atoms with Gasteiger partial charge in [0.25, 0.3) is 5.91 Å². The molecule has 4 amide bonds. The Morgan fingerprint density at radius 2 is 1.74 bits per heavy atom. The quantitative estimate of drug-likeness (QED) is 0.131. The molecule has 0 radical (unpaired) electrons. The number of amides is 4. The lowest BCUT2D eigenvalue weighted by atomic mass is 9.86. The van der Waals surface area contributed by atoms with Gasteiger partial charge in [0.2, 0.25) is 5.91 Å². The van der Waals surface area contributed by atoms with Crippen LogP contribution in [0.15, 0.2) is 60.8 Å². The maximum Gasteiger partial charge on any atom is 0.419 e. The highest BCUT2D eigenvalue weighted by molar-refractivity contribution is 6.05. The maximum atomic E-state index is 14.1. The molecule has 0 unspecified atom stereocenters. The number of aromatic nitrogens is 3. The van der Waals surface area contributed by atoms with Gasteiger partial charge in [-0.15, -0.1) is 5.10 Å². The molecule has 4 heterocycles. The maximum absolute atomic E-state index is 14.1. The van der Waals surface area contributed by atoms with E-state index in [0.717, 1.165) is 48.9 Å². The van der Waals surface area contributed by atoms with Crippen LogP contribution in [0.25, 0.3) is 0 Å². The molecule has 284 valence electrons. The van der Waals surface area contributed by atoms with Crippen LogP contribution in [0, 0.1) is 6.92 Å². The Balaban J connectivity index is 1.16. The zero-order valence-corrected chi connectivity index (χ0v) is 30.4. The summed E-state index contributed by atoms with van der Waals surface area (Å²) in [4.78, 5) is 43.9. The van der Waals surface area contributed by atoms with E-state index in [0.29, 0.717) is 23.8 Å². The number of hydrogen-bond acceptors (Lipinski definition) is 10. The highest BCUT2D eigenvalue weighted by Crippen LogP contribution is 2.41. The van der Waals surface area contributed by atoms with Crippen LogP contribution in [0.2, 0.25) is 0 Å². The van der Waals surface area contributed by atoms with E-state index in [1.54, 1.807) is 18.2 Å². The summed E-state index contributed by atoms with van der Waals surface area (Å²) in [6.07, 6.45) is -2.14. The largest absolute Gasteiger partial charge is 0.489 e. The van der Waals surface area contributed by atoms with Crippen molar-refractivity contribution < 1.29 is 32.3 Å². The molecule has 2 fully saturated rings. The first-order valence-electron chi connectivity index (χ1n) is 17.7. The molecule has 0 atom stereocenters. The predicted octanol–water partition coefficient (Wildman–Crippen LogP) is 6.66. The van der Waals surface area contributed by atoms with Crippen molar-refractivity contribution in [1.29, 1.82) is 0 Å². The third-order valence-corrected chi connectivity index (χ3v) is 9.32. The van der Waals surface area contributed by atoms with E-state index in [1.807, 2.05) is 39.0 Å². The molecule has 0 bridgehead atoms. The third-order valence-electron chi connectivity index (χ3n) is 9.32. The van der Waals surface area contributed by atoms with Gasteiger partial charge in [0, 0.05) is 38.8 Å². The van der Waals surface area contributed by atoms with Gasteiger partial charge in [0.15, 0.2) is 5.82 Å². The van der Waals surface area contributed by atoms with Crippen molar-refractivity contribution in [2.75, 3.05) is 42.2 Å². The van der Waals surface area contributed by atoms with Gasteiger partial charge in [-0.2, -0.15) is 18.3 Å². The fourth-order valence-electron chi connectivity index (χ4n) is 6.65. The zero-order valence-electron chi connectivity index (χ0n) is 30.4. The number of carbonyl (C=O) groups is 3. The standard InChI is InChI=1S/C38H42F3N9O4/c1-22(2)54-32-18-27(24-11-14-49(15-12-24)21-25-9-10-34(48-47-25)50-16-13-35(51)46-37(50)53)23(3)17-31(32)45-33-19-30(28(20-43-33)38(39,40)41)44-29-8-6-5-7-26(29)36(52)42-4/h5-10,17-20,22,24H,11-16,21H2,1-4H3,(H,42,52)(H2,43,44,45)(H,46,51,53). The Morgan fingerprint density at radius 1 is 0.981 bits per heavy atom. The van der Waals surface area contributed by atoms with Crippen LogP contribution < -0.4 is 30.9 Å². The lowest BCUT2D eigenvalue weighted by molar-refractivity contribution is -0.137. The molecule has 13 nitrogen and oxygen atoms in total. The number of aryl methyl sites for hydroxylation is 1. The van der Waals surface area contributed by atoms with Crippen LogP contribution in [0.1, 0.15) is 71.8 Å². The minimum atomic E-state index is -4.70. The second kappa shape index (κ2) is 16.1.